The number of methoxy groups -OCH3 is 1. The van der Waals surface area contributed by atoms with Gasteiger partial charge in [-0.2, -0.15) is 0 Å². The molecule has 114 valence electrons. The molecule has 21 heavy (non-hydrogen) atoms. The Bertz CT molecular complexity index is 561. The molecule has 1 aromatic heterocycles. The third-order valence-corrected chi connectivity index (χ3v) is 4.49. The molecule has 1 heterocycles. The molecule has 3 nitrogen and oxygen atoms in total. The van der Waals surface area contributed by atoms with E-state index in [1.807, 2.05) is 13.0 Å². The summed E-state index contributed by atoms with van der Waals surface area (Å²) in [5, 5.41) is 1.03. The molecule has 0 amide bonds. The maximum atomic E-state index is 5.67. The van der Waals surface area contributed by atoms with Gasteiger partial charge in [0.15, 0.2) is 0 Å². The SMILES string of the molecule is COCc1sc(C2=CCC=C(OCCCCl)C=C2)nc1C. The van der Waals surface area contributed by atoms with Crippen LogP contribution in [0.4, 0.5) is 0 Å². The summed E-state index contributed by atoms with van der Waals surface area (Å²) in [5.41, 5.74) is 2.18. The second-order valence-electron chi connectivity index (χ2n) is 4.69. The fourth-order valence-corrected chi connectivity index (χ4v) is 3.10. The first-order valence-electron chi connectivity index (χ1n) is 6.97. The Hall–Kier alpha value is -1.10. The van der Waals surface area contributed by atoms with Crippen molar-refractivity contribution in [2.45, 2.75) is 26.4 Å². The van der Waals surface area contributed by atoms with E-state index in [4.69, 9.17) is 21.1 Å². The van der Waals surface area contributed by atoms with Gasteiger partial charge in [0, 0.05) is 18.6 Å². The predicted octanol–water partition coefficient (Wildman–Crippen LogP) is 4.47. The highest BCUT2D eigenvalue weighted by Crippen LogP contribution is 2.28. The molecule has 0 radical (unpaired) electrons. The summed E-state index contributed by atoms with van der Waals surface area (Å²) in [4.78, 5) is 5.81. The Morgan fingerprint density at radius 1 is 1.33 bits per heavy atom. The highest BCUT2D eigenvalue weighted by molar-refractivity contribution is 7.12. The number of ether oxygens (including phenoxy) is 2. The standard InChI is InChI=1S/C16H20ClNO2S/c1-12-15(11-19-2)21-16(18-12)13-5-3-6-14(8-7-13)20-10-4-9-17/h5-8H,3-4,9-11H2,1-2H3. The lowest BCUT2D eigenvalue weighted by Gasteiger charge is -2.04. The lowest BCUT2D eigenvalue weighted by atomic mass is 10.2. The first kappa shape index (κ1) is 16.3. The molecule has 0 atom stereocenters. The molecule has 0 fully saturated rings. The molecule has 1 aromatic rings. The van der Waals surface area contributed by atoms with Crippen molar-refractivity contribution in [1.82, 2.24) is 4.98 Å². The third-order valence-electron chi connectivity index (χ3n) is 3.05. The molecule has 0 spiro atoms. The molecule has 1 aliphatic carbocycles. The van der Waals surface area contributed by atoms with Crippen LogP contribution in [0.1, 0.15) is 28.4 Å². The number of rotatable bonds is 7. The summed E-state index contributed by atoms with van der Waals surface area (Å²) < 4.78 is 10.9. The number of aryl methyl sites for hydroxylation is 1. The highest BCUT2D eigenvalue weighted by Gasteiger charge is 2.11. The monoisotopic (exact) mass is 325 g/mol. The predicted molar refractivity (Wildman–Crippen MR) is 88.7 cm³/mol. The van der Waals surface area contributed by atoms with Crippen molar-refractivity contribution in [1.29, 1.82) is 0 Å². The lowest BCUT2D eigenvalue weighted by molar-refractivity contribution is 0.187. The second kappa shape index (κ2) is 8.37. The van der Waals surface area contributed by atoms with Gasteiger partial charge in [0.1, 0.15) is 10.8 Å². The fourth-order valence-electron chi connectivity index (χ4n) is 1.94. The van der Waals surface area contributed by atoms with Gasteiger partial charge in [0.2, 0.25) is 0 Å². The van der Waals surface area contributed by atoms with Gasteiger partial charge in [0.05, 0.1) is 23.8 Å². The van der Waals surface area contributed by atoms with E-state index in [9.17, 15) is 0 Å². The minimum absolute atomic E-state index is 0.617. The minimum Gasteiger partial charge on any atom is -0.494 e. The fraction of sp³-hybridized carbons (Fsp3) is 0.438. The molecule has 0 bridgehead atoms. The zero-order valence-electron chi connectivity index (χ0n) is 12.4. The van der Waals surface area contributed by atoms with Crippen LogP contribution < -0.4 is 0 Å². The van der Waals surface area contributed by atoms with Gasteiger partial charge >= 0.3 is 0 Å². The van der Waals surface area contributed by atoms with Gasteiger partial charge in [-0.15, -0.1) is 22.9 Å². The van der Waals surface area contributed by atoms with Crippen molar-refractivity contribution < 1.29 is 9.47 Å². The highest BCUT2D eigenvalue weighted by atomic mass is 35.5. The summed E-state index contributed by atoms with van der Waals surface area (Å²) >= 11 is 7.34. The number of nitrogens with zero attached hydrogens (tertiary/aromatic N) is 1. The van der Waals surface area contributed by atoms with Crippen molar-refractivity contribution in [3.8, 4) is 0 Å². The van der Waals surface area contributed by atoms with Crippen LogP contribution in [-0.2, 0) is 16.1 Å². The summed E-state index contributed by atoms with van der Waals surface area (Å²) in [6, 6.07) is 0. The van der Waals surface area contributed by atoms with Crippen molar-refractivity contribution in [2.75, 3.05) is 19.6 Å². The number of allylic oxidation sites excluding steroid dienone is 5. The van der Waals surface area contributed by atoms with E-state index in [1.54, 1.807) is 18.4 Å². The quantitative estimate of drug-likeness (QED) is 0.547. The Kier molecular flexibility index (Phi) is 6.49. The van der Waals surface area contributed by atoms with Gasteiger partial charge in [-0.3, -0.25) is 0 Å². The summed E-state index contributed by atoms with van der Waals surface area (Å²) in [6.07, 6.45) is 10.0. The molecular weight excluding hydrogens is 306 g/mol. The van der Waals surface area contributed by atoms with E-state index in [2.05, 4.69) is 23.2 Å². The Morgan fingerprint density at radius 3 is 2.95 bits per heavy atom. The molecular formula is C16H20ClNO2S. The molecule has 5 heteroatoms. The average Bonchev–Trinajstić information content (AvgIpc) is 2.70. The van der Waals surface area contributed by atoms with Crippen molar-refractivity contribution >= 4 is 28.5 Å². The van der Waals surface area contributed by atoms with E-state index >= 15 is 0 Å². The van der Waals surface area contributed by atoms with Crippen molar-refractivity contribution in [3.05, 3.63) is 45.6 Å². The van der Waals surface area contributed by atoms with Crippen LogP contribution in [0.5, 0.6) is 0 Å². The minimum atomic E-state index is 0.617. The van der Waals surface area contributed by atoms with Crippen molar-refractivity contribution in [2.24, 2.45) is 0 Å². The number of hydrogen-bond acceptors (Lipinski definition) is 4. The summed E-state index contributed by atoms with van der Waals surface area (Å²) in [7, 11) is 1.71. The van der Waals surface area contributed by atoms with Crippen LogP contribution in [-0.4, -0.2) is 24.6 Å². The number of hydrogen-bond donors (Lipinski definition) is 0. The molecule has 0 N–H and O–H groups in total. The number of halogens is 1. The maximum absolute atomic E-state index is 5.67. The maximum Gasteiger partial charge on any atom is 0.123 e. The zero-order valence-corrected chi connectivity index (χ0v) is 14.0. The number of alkyl halides is 1. The lowest BCUT2D eigenvalue weighted by Crippen LogP contribution is -1.93. The van der Waals surface area contributed by atoms with Crippen LogP contribution >= 0.6 is 22.9 Å². The van der Waals surface area contributed by atoms with Crippen LogP contribution in [0.3, 0.4) is 0 Å². The number of aromatic nitrogens is 1. The van der Waals surface area contributed by atoms with E-state index in [0.717, 1.165) is 34.9 Å². The first-order chi connectivity index (χ1) is 10.2. The molecule has 0 aliphatic heterocycles. The largest absolute Gasteiger partial charge is 0.494 e. The van der Waals surface area contributed by atoms with Crippen LogP contribution in [0, 0.1) is 6.92 Å². The van der Waals surface area contributed by atoms with Crippen LogP contribution in [0.15, 0.2) is 30.1 Å². The Morgan fingerprint density at radius 2 is 2.19 bits per heavy atom. The summed E-state index contributed by atoms with van der Waals surface area (Å²) in [6.45, 7) is 3.29. The topological polar surface area (TPSA) is 31.4 Å². The molecule has 0 aromatic carbocycles. The van der Waals surface area contributed by atoms with Gasteiger partial charge < -0.3 is 9.47 Å². The van der Waals surface area contributed by atoms with E-state index in [0.29, 0.717) is 19.1 Å². The molecule has 0 unspecified atom stereocenters. The zero-order chi connectivity index (χ0) is 15.1. The first-order valence-corrected chi connectivity index (χ1v) is 8.32. The molecule has 1 aliphatic rings. The molecule has 0 saturated heterocycles. The van der Waals surface area contributed by atoms with Crippen LogP contribution in [0.2, 0.25) is 0 Å². The van der Waals surface area contributed by atoms with Crippen LogP contribution in [0.25, 0.3) is 5.57 Å². The molecule has 0 saturated carbocycles. The van der Waals surface area contributed by atoms with Gasteiger partial charge in [0.25, 0.3) is 0 Å². The Labute approximate surface area is 134 Å². The van der Waals surface area contributed by atoms with Gasteiger partial charge in [-0.25, -0.2) is 4.98 Å². The van der Waals surface area contributed by atoms with E-state index in [1.165, 1.54) is 4.88 Å². The second-order valence-corrected chi connectivity index (χ2v) is 6.15. The number of thiazole rings is 1. The van der Waals surface area contributed by atoms with Gasteiger partial charge in [-0.05, 0) is 38.0 Å². The van der Waals surface area contributed by atoms with Crippen molar-refractivity contribution in [3.63, 3.8) is 0 Å². The average molecular weight is 326 g/mol. The van der Waals surface area contributed by atoms with Gasteiger partial charge in [-0.1, -0.05) is 6.08 Å². The third kappa shape index (κ3) is 4.70. The molecule has 2 rings (SSSR count). The Balaban J connectivity index is 2.04. The normalized spacial score (nSPS) is 14.6. The summed E-state index contributed by atoms with van der Waals surface area (Å²) in [5.74, 6) is 1.53. The smallest absolute Gasteiger partial charge is 0.123 e. The van der Waals surface area contributed by atoms with E-state index in [-0.39, 0.29) is 0 Å². The van der Waals surface area contributed by atoms with E-state index < -0.39 is 0 Å².